The minimum absolute atomic E-state index is 0.0977. The highest BCUT2D eigenvalue weighted by molar-refractivity contribution is 6.00. The van der Waals surface area contributed by atoms with Crippen LogP contribution in [0.2, 0.25) is 0 Å². The van der Waals surface area contributed by atoms with E-state index in [0.29, 0.717) is 12.4 Å². The number of nitrogens with two attached hydrogens (primary N) is 1. The maximum Gasteiger partial charge on any atom is 0.407 e. The number of ether oxygens (including phenoxy) is 2. The monoisotopic (exact) mass is 513 g/mol. The summed E-state index contributed by atoms with van der Waals surface area (Å²) in [5, 5.41) is 3.87. The number of aromatic nitrogens is 3. The van der Waals surface area contributed by atoms with Crippen molar-refractivity contribution in [1.82, 2.24) is 19.9 Å². The average molecular weight is 514 g/mol. The summed E-state index contributed by atoms with van der Waals surface area (Å²) in [4.78, 5) is 21.1. The number of nitrogen functional groups attached to an aromatic ring is 1. The standard InChI is InChI=1S/C30H35N5O3/c1-30(2,3)38-29(36)34-22-12-14-23(15-13-22)35-17-25(26-27(31)32-19-33-28(26)35)21-10-7-11-24(16-21)37-18-20-8-5-4-6-9-20/h4-11,16-17,19,22-23H,12-15,18H2,1-3H3,(H,34,36)(H2,31,32,33). The number of nitrogens with one attached hydrogen (secondary N) is 1. The Hall–Kier alpha value is -4.07. The normalized spacial score (nSPS) is 17.8. The molecule has 0 atom stereocenters. The van der Waals surface area contributed by atoms with Crippen LogP contribution in [0.5, 0.6) is 5.75 Å². The minimum Gasteiger partial charge on any atom is -0.489 e. The Morgan fingerprint density at radius 2 is 1.82 bits per heavy atom. The topological polar surface area (TPSA) is 104 Å². The summed E-state index contributed by atoms with van der Waals surface area (Å²) in [7, 11) is 0. The van der Waals surface area contributed by atoms with E-state index < -0.39 is 5.60 Å². The number of amides is 1. The lowest BCUT2D eigenvalue weighted by Gasteiger charge is -2.31. The summed E-state index contributed by atoms with van der Waals surface area (Å²) in [6, 6.07) is 18.5. The van der Waals surface area contributed by atoms with Gasteiger partial charge in [0.25, 0.3) is 0 Å². The zero-order valence-electron chi connectivity index (χ0n) is 22.2. The summed E-state index contributed by atoms with van der Waals surface area (Å²) in [5.74, 6) is 1.25. The fraction of sp³-hybridized carbons (Fsp3) is 0.367. The van der Waals surface area contributed by atoms with Gasteiger partial charge in [0.2, 0.25) is 0 Å². The lowest BCUT2D eigenvalue weighted by atomic mass is 9.91. The van der Waals surface area contributed by atoms with E-state index in [1.54, 1.807) is 0 Å². The second kappa shape index (κ2) is 10.7. The van der Waals surface area contributed by atoms with Gasteiger partial charge in [-0.15, -0.1) is 0 Å². The van der Waals surface area contributed by atoms with E-state index >= 15 is 0 Å². The maximum absolute atomic E-state index is 12.2. The van der Waals surface area contributed by atoms with Crippen LogP contribution in [0.1, 0.15) is 58.1 Å². The highest BCUT2D eigenvalue weighted by atomic mass is 16.6. The molecule has 2 aromatic carbocycles. The summed E-state index contributed by atoms with van der Waals surface area (Å²) < 4.78 is 13.7. The van der Waals surface area contributed by atoms with Gasteiger partial charge in [0.1, 0.15) is 35.7 Å². The Kier molecular flexibility index (Phi) is 7.22. The second-order valence-electron chi connectivity index (χ2n) is 10.9. The molecule has 0 unspecified atom stereocenters. The van der Waals surface area contributed by atoms with E-state index in [9.17, 15) is 4.79 Å². The zero-order chi connectivity index (χ0) is 26.7. The molecule has 1 aliphatic carbocycles. The van der Waals surface area contributed by atoms with Crippen LogP contribution in [0.25, 0.3) is 22.2 Å². The van der Waals surface area contributed by atoms with Gasteiger partial charge in [-0.1, -0.05) is 42.5 Å². The first-order chi connectivity index (χ1) is 18.3. The lowest BCUT2D eigenvalue weighted by molar-refractivity contribution is 0.0488. The van der Waals surface area contributed by atoms with E-state index in [1.165, 1.54) is 6.33 Å². The highest BCUT2D eigenvalue weighted by Crippen LogP contribution is 2.39. The first-order valence-corrected chi connectivity index (χ1v) is 13.1. The molecular formula is C30H35N5O3. The molecule has 4 aromatic rings. The maximum atomic E-state index is 12.2. The number of carbonyl (C=O) groups is 1. The van der Waals surface area contributed by atoms with Crippen LogP contribution in [0.15, 0.2) is 67.1 Å². The number of anilines is 1. The van der Waals surface area contributed by atoms with Gasteiger partial charge in [-0.25, -0.2) is 14.8 Å². The molecule has 0 spiro atoms. The predicted octanol–water partition coefficient (Wildman–Crippen LogP) is 6.27. The molecule has 0 saturated heterocycles. The van der Waals surface area contributed by atoms with Crippen molar-refractivity contribution < 1.29 is 14.3 Å². The van der Waals surface area contributed by atoms with Crippen molar-refractivity contribution in [3.8, 4) is 16.9 Å². The van der Waals surface area contributed by atoms with Crippen molar-refractivity contribution in [3.05, 3.63) is 72.7 Å². The van der Waals surface area contributed by atoms with E-state index in [-0.39, 0.29) is 18.2 Å². The Morgan fingerprint density at radius 1 is 1.05 bits per heavy atom. The van der Waals surface area contributed by atoms with E-state index in [0.717, 1.165) is 59.2 Å². The Labute approximate surface area is 223 Å². The van der Waals surface area contributed by atoms with Crippen molar-refractivity contribution in [2.45, 2.75) is 70.7 Å². The van der Waals surface area contributed by atoms with Gasteiger partial charge >= 0.3 is 6.09 Å². The van der Waals surface area contributed by atoms with Gasteiger partial charge in [0.05, 0.1) is 5.39 Å². The molecule has 0 aliphatic heterocycles. The van der Waals surface area contributed by atoms with Crippen molar-refractivity contribution in [1.29, 1.82) is 0 Å². The van der Waals surface area contributed by atoms with Crippen LogP contribution in [0, 0.1) is 0 Å². The molecule has 38 heavy (non-hydrogen) atoms. The summed E-state index contributed by atoms with van der Waals surface area (Å²) >= 11 is 0. The molecule has 2 heterocycles. The van der Waals surface area contributed by atoms with Crippen LogP contribution in [0.3, 0.4) is 0 Å². The third-order valence-corrected chi connectivity index (χ3v) is 6.84. The van der Waals surface area contributed by atoms with Crippen molar-refractivity contribution in [2.24, 2.45) is 0 Å². The van der Waals surface area contributed by atoms with E-state index in [4.69, 9.17) is 15.2 Å². The highest BCUT2D eigenvalue weighted by Gasteiger charge is 2.28. The number of benzene rings is 2. The molecule has 5 rings (SSSR count). The molecule has 8 nitrogen and oxygen atoms in total. The summed E-state index contributed by atoms with van der Waals surface area (Å²) in [6.45, 7) is 6.11. The third kappa shape index (κ3) is 5.90. The van der Waals surface area contributed by atoms with E-state index in [1.807, 2.05) is 69.3 Å². The lowest BCUT2D eigenvalue weighted by Crippen LogP contribution is -2.41. The van der Waals surface area contributed by atoms with Gasteiger partial charge in [-0.05, 0) is 69.7 Å². The molecule has 1 aliphatic rings. The zero-order valence-corrected chi connectivity index (χ0v) is 22.2. The number of carbonyl (C=O) groups excluding carboxylic acids is 1. The van der Waals surface area contributed by atoms with Gasteiger partial charge in [0.15, 0.2) is 0 Å². The van der Waals surface area contributed by atoms with Gasteiger partial charge in [-0.3, -0.25) is 0 Å². The summed E-state index contributed by atoms with van der Waals surface area (Å²) in [6.07, 6.45) is 6.85. The summed E-state index contributed by atoms with van der Waals surface area (Å²) in [5.41, 5.74) is 9.80. The fourth-order valence-electron chi connectivity index (χ4n) is 5.07. The number of alkyl carbamates (subject to hydrolysis) is 1. The van der Waals surface area contributed by atoms with Crippen molar-refractivity contribution in [2.75, 3.05) is 5.73 Å². The van der Waals surface area contributed by atoms with Crippen LogP contribution < -0.4 is 15.8 Å². The number of rotatable bonds is 6. The van der Waals surface area contributed by atoms with Crippen LogP contribution in [-0.2, 0) is 11.3 Å². The molecule has 0 bridgehead atoms. The average Bonchev–Trinajstić information content (AvgIpc) is 3.29. The largest absolute Gasteiger partial charge is 0.489 e. The Balaban J connectivity index is 1.35. The van der Waals surface area contributed by atoms with Gasteiger partial charge in [-0.2, -0.15) is 0 Å². The molecule has 1 amide bonds. The SMILES string of the molecule is CC(C)(C)OC(=O)NC1CCC(n2cc(-c3cccc(OCc4ccccc4)c3)c3c(N)ncnc32)CC1. The first kappa shape index (κ1) is 25.6. The number of fused-ring (bicyclic) bond motifs is 1. The minimum atomic E-state index is -0.509. The smallest absolute Gasteiger partial charge is 0.407 e. The quantitative estimate of drug-likeness (QED) is 0.315. The van der Waals surface area contributed by atoms with E-state index in [2.05, 4.69) is 32.1 Å². The molecule has 1 fully saturated rings. The number of hydrogen-bond donors (Lipinski definition) is 2. The molecule has 8 heteroatoms. The fourth-order valence-corrected chi connectivity index (χ4v) is 5.07. The Bertz CT molecular complexity index is 1400. The molecule has 1 saturated carbocycles. The molecule has 3 N–H and O–H groups in total. The van der Waals surface area contributed by atoms with Crippen LogP contribution in [-0.4, -0.2) is 32.3 Å². The first-order valence-electron chi connectivity index (χ1n) is 13.1. The predicted molar refractivity (Wildman–Crippen MR) is 149 cm³/mol. The van der Waals surface area contributed by atoms with Crippen molar-refractivity contribution in [3.63, 3.8) is 0 Å². The Morgan fingerprint density at radius 3 is 2.55 bits per heavy atom. The van der Waals surface area contributed by atoms with Crippen LogP contribution in [0.4, 0.5) is 10.6 Å². The third-order valence-electron chi connectivity index (χ3n) is 6.84. The van der Waals surface area contributed by atoms with Crippen molar-refractivity contribution >= 4 is 22.9 Å². The van der Waals surface area contributed by atoms with Gasteiger partial charge in [0, 0.05) is 23.8 Å². The second-order valence-corrected chi connectivity index (χ2v) is 10.9. The molecular weight excluding hydrogens is 478 g/mol. The van der Waals surface area contributed by atoms with Gasteiger partial charge < -0.3 is 25.1 Å². The molecule has 2 aromatic heterocycles. The number of hydrogen-bond acceptors (Lipinski definition) is 6. The van der Waals surface area contributed by atoms with Crippen LogP contribution >= 0.6 is 0 Å². The molecule has 0 radical (unpaired) electrons. The number of nitrogens with zero attached hydrogens (tertiary/aromatic N) is 3. The molecule has 198 valence electrons.